The summed E-state index contributed by atoms with van der Waals surface area (Å²) in [5, 5.41) is 9.24. The van der Waals surface area contributed by atoms with Crippen LogP contribution in [0.3, 0.4) is 0 Å². The maximum absolute atomic E-state index is 13.6. The minimum atomic E-state index is -0.203. The molecule has 4 heterocycles. The molecule has 2 saturated heterocycles. The lowest BCUT2D eigenvalue weighted by Crippen LogP contribution is -2.48. The summed E-state index contributed by atoms with van der Waals surface area (Å²) >= 11 is 6.68. The van der Waals surface area contributed by atoms with Gasteiger partial charge >= 0.3 is 0 Å². The lowest BCUT2D eigenvalue weighted by atomic mass is 10.2. The van der Waals surface area contributed by atoms with Crippen LogP contribution in [0, 0.1) is 12.8 Å². The first kappa shape index (κ1) is 23.9. The molecule has 2 aliphatic rings. The van der Waals surface area contributed by atoms with Gasteiger partial charge in [-0.2, -0.15) is 0 Å². The predicted molar refractivity (Wildman–Crippen MR) is 137 cm³/mol. The Labute approximate surface area is 202 Å². The van der Waals surface area contributed by atoms with Crippen LogP contribution in [0.15, 0.2) is 28.0 Å². The van der Waals surface area contributed by atoms with Crippen LogP contribution in [0.4, 0.5) is 5.82 Å². The number of aryl methyl sites for hydroxylation is 1. The fourth-order valence-corrected chi connectivity index (χ4v) is 5.35. The minimum Gasteiger partial charge on any atom is -0.395 e. The van der Waals surface area contributed by atoms with Gasteiger partial charge in [0.05, 0.1) is 17.1 Å². The molecule has 0 unspecified atom stereocenters. The number of nitrogens with zero attached hydrogens (tertiary/aromatic N) is 5. The first-order valence-corrected chi connectivity index (χ1v) is 12.4. The summed E-state index contributed by atoms with van der Waals surface area (Å²) in [6.07, 6.45) is 3.44. The number of hydrogen-bond acceptors (Lipinski definition) is 8. The highest BCUT2D eigenvalue weighted by molar-refractivity contribution is 8.26. The summed E-state index contributed by atoms with van der Waals surface area (Å²) < 4.78 is 2.06. The molecule has 1 amide bonds. The number of fused-ring (bicyclic) bond motifs is 1. The molecule has 8 nitrogen and oxygen atoms in total. The number of aromatic nitrogens is 2. The number of anilines is 1. The highest BCUT2D eigenvalue weighted by atomic mass is 32.2. The summed E-state index contributed by atoms with van der Waals surface area (Å²) in [4.78, 5) is 37.8. The van der Waals surface area contributed by atoms with Crippen molar-refractivity contribution in [2.24, 2.45) is 5.92 Å². The smallest absolute Gasteiger partial charge is 0.267 e. The van der Waals surface area contributed by atoms with E-state index in [2.05, 4.69) is 9.80 Å². The Morgan fingerprint density at radius 3 is 2.61 bits per heavy atom. The zero-order valence-electron chi connectivity index (χ0n) is 19.2. The number of aliphatic hydroxyl groups excluding tert-OH is 1. The van der Waals surface area contributed by atoms with Crippen molar-refractivity contribution >= 4 is 51.7 Å². The van der Waals surface area contributed by atoms with Gasteiger partial charge in [-0.05, 0) is 30.5 Å². The van der Waals surface area contributed by atoms with Crippen LogP contribution in [-0.2, 0) is 4.79 Å². The van der Waals surface area contributed by atoms with Gasteiger partial charge in [-0.15, -0.1) is 0 Å². The molecular formula is C23H29N5O3S2. The molecule has 0 radical (unpaired) electrons. The molecule has 33 heavy (non-hydrogen) atoms. The first-order chi connectivity index (χ1) is 15.8. The Hall–Kier alpha value is -2.27. The van der Waals surface area contributed by atoms with Crippen LogP contribution in [0.1, 0.15) is 25.0 Å². The number of carbonyl (C=O) groups is 1. The molecular weight excluding hydrogens is 458 g/mol. The Morgan fingerprint density at radius 2 is 1.94 bits per heavy atom. The number of thiocarbonyl (C=S) groups is 1. The average Bonchev–Trinajstić information content (AvgIpc) is 3.04. The van der Waals surface area contributed by atoms with E-state index in [1.165, 1.54) is 11.8 Å². The minimum absolute atomic E-state index is 0.123. The van der Waals surface area contributed by atoms with Gasteiger partial charge in [-0.3, -0.25) is 23.8 Å². The van der Waals surface area contributed by atoms with Gasteiger partial charge in [0.15, 0.2) is 0 Å². The van der Waals surface area contributed by atoms with Crippen molar-refractivity contribution in [2.75, 3.05) is 50.8 Å². The fraction of sp³-hybridized carbons (Fsp3) is 0.478. The average molecular weight is 488 g/mol. The molecule has 2 fully saturated rings. The Kier molecular flexibility index (Phi) is 7.18. The van der Waals surface area contributed by atoms with Crippen LogP contribution < -0.4 is 10.5 Å². The molecule has 0 aromatic carbocycles. The van der Waals surface area contributed by atoms with Gasteiger partial charge < -0.3 is 10.0 Å². The van der Waals surface area contributed by atoms with Crippen molar-refractivity contribution in [3.05, 3.63) is 44.7 Å². The number of amides is 1. The highest BCUT2D eigenvalue weighted by Gasteiger charge is 2.33. The lowest BCUT2D eigenvalue weighted by molar-refractivity contribution is -0.122. The van der Waals surface area contributed by atoms with E-state index in [-0.39, 0.29) is 24.0 Å². The molecule has 0 bridgehead atoms. The number of piperazine rings is 1. The first-order valence-electron chi connectivity index (χ1n) is 11.1. The van der Waals surface area contributed by atoms with Crippen molar-refractivity contribution in [3.8, 4) is 0 Å². The van der Waals surface area contributed by atoms with E-state index in [4.69, 9.17) is 17.2 Å². The quantitative estimate of drug-likeness (QED) is 0.489. The maximum atomic E-state index is 13.6. The number of thioether (sulfide) groups is 1. The lowest BCUT2D eigenvalue weighted by Gasteiger charge is -2.35. The molecule has 0 aliphatic carbocycles. The van der Waals surface area contributed by atoms with Gasteiger partial charge in [0.1, 0.15) is 15.8 Å². The molecule has 1 N–H and O–H groups in total. The monoisotopic (exact) mass is 487 g/mol. The summed E-state index contributed by atoms with van der Waals surface area (Å²) in [6, 6.07) is 3.77. The van der Waals surface area contributed by atoms with Gasteiger partial charge in [0.2, 0.25) is 0 Å². The molecule has 10 heteroatoms. The van der Waals surface area contributed by atoms with Crippen molar-refractivity contribution in [1.82, 2.24) is 19.2 Å². The fourth-order valence-electron chi connectivity index (χ4n) is 4.09. The van der Waals surface area contributed by atoms with Crippen molar-refractivity contribution < 1.29 is 9.90 Å². The Balaban J connectivity index is 1.78. The second-order valence-electron chi connectivity index (χ2n) is 8.83. The molecule has 0 atom stereocenters. The summed E-state index contributed by atoms with van der Waals surface area (Å²) in [6.45, 7) is 10.2. The standard InChI is InChI=1S/C23H29N5O3S2/c1-15(2)13-28-22(31)18(33-23(28)32)12-17-20(26-8-6-25(7-9-26)10-11-29)24-19-5-4-16(3)14-27(19)21(17)30/h4-5,12,14-15,29H,6-11,13H2,1-3H3/b18-12-. The highest BCUT2D eigenvalue weighted by Crippen LogP contribution is 2.34. The van der Waals surface area contributed by atoms with Crippen LogP contribution in [-0.4, -0.2) is 80.4 Å². The molecule has 2 aliphatic heterocycles. The van der Waals surface area contributed by atoms with Crippen molar-refractivity contribution in [1.29, 1.82) is 0 Å². The van der Waals surface area contributed by atoms with Crippen molar-refractivity contribution in [2.45, 2.75) is 20.8 Å². The molecule has 2 aromatic rings. The number of rotatable bonds is 6. The predicted octanol–water partition coefficient (Wildman–Crippen LogP) is 1.97. The van der Waals surface area contributed by atoms with Crippen LogP contribution in [0.25, 0.3) is 11.7 Å². The zero-order valence-corrected chi connectivity index (χ0v) is 20.8. The summed E-state index contributed by atoms with van der Waals surface area (Å²) in [7, 11) is 0. The third kappa shape index (κ3) is 4.98. The zero-order chi connectivity index (χ0) is 23.7. The topological polar surface area (TPSA) is 81.4 Å². The molecule has 0 spiro atoms. The largest absolute Gasteiger partial charge is 0.395 e. The van der Waals surface area contributed by atoms with Gasteiger partial charge in [-0.25, -0.2) is 4.98 Å². The second kappa shape index (κ2) is 9.92. The van der Waals surface area contributed by atoms with E-state index in [9.17, 15) is 14.7 Å². The SMILES string of the molecule is Cc1ccc2nc(N3CCN(CCO)CC3)c(/C=C3\SC(=S)N(CC(C)C)C3=O)c(=O)n2c1. The van der Waals surface area contributed by atoms with Gasteiger partial charge in [-0.1, -0.05) is 43.9 Å². The van der Waals surface area contributed by atoms with E-state index in [1.54, 1.807) is 21.6 Å². The number of pyridine rings is 1. The van der Waals surface area contributed by atoms with E-state index >= 15 is 0 Å². The van der Waals surface area contributed by atoms with Crippen molar-refractivity contribution in [3.63, 3.8) is 0 Å². The number of hydrogen-bond donors (Lipinski definition) is 1. The van der Waals surface area contributed by atoms with E-state index in [0.717, 1.165) is 18.7 Å². The third-order valence-corrected chi connectivity index (χ3v) is 7.15. The van der Waals surface area contributed by atoms with E-state index in [0.29, 0.717) is 52.4 Å². The molecule has 4 rings (SSSR count). The Bertz CT molecular complexity index is 1170. The van der Waals surface area contributed by atoms with E-state index < -0.39 is 0 Å². The summed E-state index contributed by atoms with van der Waals surface area (Å²) in [5.74, 6) is 0.710. The van der Waals surface area contributed by atoms with Gasteiger partial charge in [0, 0.05) is 45.5 Å². The normalized spacial score (nSPS) is 19.0. The second-order valence-corrected chi connectivity index (χ2v) is 10.5. The summed E-state index contributed by atoms with van der Waals surface area (Å²) in [5.41, 5.74) is 1.72. The number of carbonyl (C=O) groups excluding carboxylic acids is 1. The number of β-amino-alcohol motifs (C(OH)–C–C–N with tert-alkyl or cyclic N) is 1. The van der Waals surface area contributed by atoms with Crippen LogP contribution >= 0.6 is 24.0 Å². The van der Waals surface area contributed by atoms with Gasteiger partial charge in [0.25, 0.3) is 11.5 Å². The van der Waals surface area contributed by atoms with Crippen LogP contribution in [0.5, 0.6) is 0 Å². The molecule has 2 aromatic heterocycles. The molecule has 0 saturated carbocycles. The van der Waals surface area contributed by atoms with E-state index in [1.807, 2.05) is 32.9 Å². The Morgan fingerprint density at radius 1 is 1.21 bits per heavy atom. The molecule has 176 valence electrons. The number of aliphatic hydroxyl groups is 1. The maximum Gasteiger partial charge on any atom is 0.267 e. The van der Waals surface area contributed by atoms with Crippen LogP contribution in [0.2, 0.25) is 0 Å². The third-order valence-electron chi connectivity index (χ3n) is 5.77.